The second-order valence-electron chi connectivity index (χ2n) is 7.86. The van der Waals surface area contributed by atoms with Crippen LogP contribution in [0.2, 0.25) is 0 Å². The second kappa shape index (κ2) is 9.02. The van der Waals surface area contributed by atoms with E-state index in [1.165, 1.54) is 44.8 Å². The van der Waals surface area contributed by atoms with Crippen molar-refractivity contribution >= 4 is 22.6 Å². The van der Waals surface area contributed by atoms with E-state index in [4.69, 9.17) is 9.47 Å². The number of hydrogen-bond acceptors (Lipinski definition) is 6. The molecule has 2 aromatic carbocycles. The lowest BCUT2D eigenvalue weighted by molar-refractivity contribution is -0.120. The molecule has 1 amide bonds. The number of halogens is 4. The van der Waals surface area contributed by atoms with Crippen LogP contribution in [0.25, 0.3) is 11.0 Å². The molecule has 12 heteroatoms. The van der Waals surface area contributed by atoms with Crippen LogP contribution in [0.5, 0.6) is 17.2 Å². The van der Waals surface area contributed by atoms with Crippen molar-refractivity contribution in [3.8, 4) is 17.2 Å². The molecule has 0 bridgehead atoms. The van der Waals surface area contributed by atoms with E-state index in [0.29, 0.717) is 22.2 Å². The van der Waals surface area contributed by atoms with Crippen molar-refractivity contribution in [1.29, 1.82) is 0 Å². The van der Waals surface area contributed by atoms with Crippen molar-refractivity contribution in [3.63, 3.8) is 0 Å². The molecule has 0 saturated heterocycles. The Hall–Kier alpha value is -4.35. The Morgan fingerprint density at radius 3 is 2.42 bits per heavy atom. The van der Waals surface area contributed by atoms with Crippen molar-refractivity contribution < 1.29 is 36.6 Å². The van der Waals surface area contributed by atoms with E-state index in [-0.39, 0.29) is 29.4 Å². The summed E-state index contributed by atoms with van der Waals surface area (Å²) in [5, 5.41) is 7.13. The van der Waals surface area contributed by atoms with Gasteiger partial charge in [0.15, 0.2) is 28.8 Å². The smallest absolute Gasteiger partial charge is 0.387 e. The molecule has 1 aliphatic rings. The molecule has 0 aliphatic carbocycles. The monoisotopic (exact) mass is 502 g/mol. The number of anilines is 1. The number of rotatable bonds is 6. The lowest BCUT2D eigenvalue weighted by atomic mass is 9.82. The van der Waals surface area contributed by atoms with Crippen molar-refractivity contribution in [3.05, 3.63) is 71.1 Å². The minimum atomic E-state index is -3.16. The number of methoxy groups -OCH3 is 2. The SMILES string of the molecule is COc1cc(OC)c(F)c(N2Cc3cnc4[nH]ncc4c3C(c3ccccc3OC(F)F)C2=O)c1F. The lowest BCUT2D eigenvalue weighted by Gasteiger charge is -2.35. The predicted molar refractivity (Wildman–Crippen MR) is 119 cm³/mol. The van der Waals surface area contributed by atoms with E-state index in [2.05, 4.69) is 19.9 Å². The van der Waals surface area contributed by atoms with Crippen LogP contribution in [0.1, 0.15) is 22.6 Å². The minimum absolute atomic E-state index is 0.0816. The van der Waals surface area contributed by atoms with E-state index in [0.717, 1.165) is 11.0 Å². The largest absolute Gasteiger partial charge is 0.493 e. The average molecular weight is 502 g/mol. The zero-order valence-corrected chi connectivity index (χ0v) is 18.9. The Morgan fingerprint density at radius 1 is 1.06 bits per heavy atom. The topological polar surface area (TPSA) is 89.6 Å². The third kappa shape index (κ3) is 3.65. The number of carbonyl (C=O) groups excluding carboxylic acids is 1. The van der Waals surface area contributed by atoms with Gasteiger partial charge in [0.25, 0.3) is 0 Å². The minimum Gasteiger partial charge on any atom is -0.493 e. The molecule has 0 saturated carbocycles. The van der Waals surface area contributed by atoms with Gasteiger partial charge in [-0.1, -0.05) is 18.2 Å². The van der Waals surface area contributed by atoms with Gasteiger partial charge in [-0.2, -0.15) is 13.9 Å². The van der Waals surface area contributed by atoms with Crippen LogP contribution < -0.4 is 19.1 Å². The molecule has 1 atom stereocenters. The number of H-pyrrole nitrogens is 1. The van der Waals surface area contributed by atoms with E-state index < -0.39 is 35.8 Å². The molecule has 5 rings (SSSR count). The lowest BCUT2D eigenvalue weighted by Crippen LogP contribution is -2.41. The molecular weight excluding hydrogens is 484 g/mol. The zero-order chi connectivity index (χ0) is 25.6. The normalized spacial score (nSPS) is 15.4. The number of aromatic amines is 1. The Balaban J connectivity index is 1.78. The van der Waals surface area contributed by atoms with Crippen LogP contribution in [0.3, 0.4) is 0 Å². The number of ether oxygens (including phenoxy) is 3. The highest BCUT2D eigenvalue weighted by atomic mass is 19.3. The van der Waals surface area contributed by atoms with Gasteiger partial charge in [0.05, 0.1) is 32.9 Å². The Morgan fingerprint density at radius 2 is 1.75 bits per heavy atom. The number of nitrogens with zero attached hydrogens (tertiary/aromatic N) is 3. The number of benzene rings is 2. The number of fused-ring (bicyclic) bond motifs is 3. The number of pyridine rings is 1. The maximum absolute atomic E-state index is 15.4. The van der Waals surface area contributed by atoms with Gasteiger partial charge in [-0.25, -0.2) is 13.8 Å². The Labute approximate surface area is 201 Å². The maximum Gasteiger partial charge on any atom is 0.387 e. The number of amides is 1. The van der Waals surface area contributed by atoms with E-state index in [9.17, 15) is 13.6 Å². The number of nitrogens with one attached hydrogen (secondary N) is 1. The average Bonchev–Trinajstić information content (AvgIpc) is 3.34. The molecule has 1 aliphatic heterocycles. The fraction of sp³-hybridized carbons (Fsp3) is 0.208. The Kier molecular flexibility index (Phi) is 5.86. The van der Waals surface area contributed by atoms with Gasteiger partial charge in [0.1, 0.15) is 11.4 Å². The van der Waals surface area contributed by atoms with Crippen LogP contribution in [0.4, 0.5) is 23.2 Å². The van der Waals surface area contributed by atoms with E-state index in [1.807, 2.05) is 0 Å². The first-order valence-corrected chi connectivity index (χ1v) is 10.6. The molecular formula is C24H18F4N4O4. The molecule has 1 unspecified atom stereocenters. The first kappa shape index (κ1) is 23.4. The van der Waals surface area contributed by atoms with Crippen LogP contribution in [-0.4, -0.2) is 41.9 Å². The van der Waals surface area contributed by atoms with Crippen LogP contribution >= 0.6 is 0 Å². The van der Waals surface area contributed by atoms with Crippen molar-refractivity contribution in [2.45, 2.75) is 19.1 Å². The number of carbonyl (C=O) groups is 1. The van der Waals surface area contributed by atoms with Gasteiger partial charge in [-0.3, -0.25) is 9.89 Å². The summed E-state index contributed by atoms with van der Waals surface area (Å²) in [6, 6.07) is 6.77. The Bertz CT molecular complexity index is 1450. The highest BCUT2D eigenvalue weighted by Gasteiger charge is 2.41. The fourth-order valence-corrected chi connectivity index (χ4v) is 4.46. The summed E-state index contributed by atoms with van der Waals surface area (Å²) in [6.45, 7) is -3.43. The van der Waals surface area contributed by atoms with Gasteiger partial charge in [-0.15, -0.1) is 0 Å². The van der Waals surface area contributed by atoms with Gasteiger partial charge < -0.3 is 19.1 Å². The molecule has 3 heterocycles. The molecule has 36 heavy (non-hydrogen) atoms. The van der Waals surface area contributed by atoms with Gasteiger partial charge in [-0.05, 0) is 17.2 Å². The highest BCUT2D eigenvalue weighted by molar-refractivity contribution is 6.05. The van der Waals surface area contributed by atoms with Crippen molar-refractivity contribution in [2.75, 3.05) is 19.1 Å². The summed E-state index contributed by atoms with van der Waals surface area (Å²) in [5.41, 5.74) is 0.578. The first-order chi connectivity index (χ1) is 17.3. The fourth-order valence-electron chi connectivity index (χ4n) is 4.46. The quantitative estimate of drug-likeness (QED) is 0.390. The predicted octanol–water partition coefficient (Wildman–Crippen LogP) is 4.53. The van der Waals surface area contributed by atoms with E-state index >= 15 is 8.78 Å². The summed E-state index contributed by atoms with van der Waals surface area (Å²) in [4.78, 5) is 19.2. The van der Waals surface area contributed by atoms with Gasteiger partial charge in [0, 0.05) is 23.2 Å². The molecule has 0 radical (unpaired) electrons. The number of alkyl halides is 2. The second-order valence-corrected chi connectivity index (χ2v) is 7.86. The van der Waals surface area contributed by atoms with Crippen molar-refractivity contribution in [2.24, 2.45) is 0 Å². The molecule has 2 aromatic heterocycles. The van der Waals surface area contributed by atoms with Crippen LogP contribution in [0.15, 0.2) is 42.7 Å². The van der Waals surface area contributed by atoms with Gasteiger partial charge in [0.2, 0.25) is 5.91 Å². The molecule has 0 fully saturated rings. The third-order valence-electron chi connectivity index (χ3n) is 6.00. The van der Waals surface area contributed by atoms with Gasteiger partial charge >= 0.3 is 6.61 Å². The maximum atomic E-state index is 15.4. The summed E-state index contributed by atoms with van der Waals surface area (Å²) < 4.78 is 71.9. The third-order valence-corrected chi connectivity index (χ3v) is 6.00. The van der Waals surface area contributed by atoms with Crippen LogP contribution in [0, 0.1) is 11.6 Å². The molecule has 0 spiro atoms. The summed E-state index contributed by atoms with van der Waals surface area (Å²) in [6.07, 6.45) is 2.88. The number of aromatic nitrogens is 3. The molecule has 4 aromatic rings. The zero-order valence-electron chi connectivity index (χ0n) is 18.9. The van der Waals surface area contributed by atoms with E-state index in [1.54, 1.807) is 6.07 Å². The molecule has 186 valence electrons. The number of para-hydroxylation sites is 1. The standard InChI is InChI=1S/C24H18F4N4O4/c1-34-15-7-16(35-2)20(26)21(19(15)25)32-10-11-8-29-22-13(9-30-31-22)17(11)18(23(32)33)12-5-3-4-6-14(12)36-24(27)28/h3-9,18,24H,10H2,1-2H3,(H,29,30,31). The van der Waals surface area contributed by atoms with Crippen molar-refractivity contribution in [1.82, 2.24) is 15.2 Å². The summed E-state index contributed by atoms with van der Waals surface area (Å²) in [5.74, 6) is -5.25. The summed E-state index contributed by atoms with van der Waals surface area (Å²) in [7, 11) is 2.38. The molecule has 1 N–H and O–H groups in total. The number of hydrogen-bond donors (Lipinski definition) is 1. The van der Waals surface area contributed by atoms with Crippen LogP contribution in [-0.2, 0) is 11.3 Å². The highest BCUT2D eigenvalue weighted by Crippen LogP contribution is 2.45. The first-order valence-electron chi connectivity index (χ1n) is 10.6. The molecule has 8 nitrogen and oxygen atoms in total. The summed E-state index contributed by atoms with van der Waals surface area (Å²) >= 11 is 0.